The number of amides is 2. The maximum atomic E-state index is 12.5. The Morgan fingerprint density at radius 1 is 1.31 bits per heavy atom. The lowest BCUT2D eigenvalue weighted by Gasteiger charge is -2.19. The molecule has 26 heavy (non-hydrogen) atoms. The van der Waals surface area contributed by atoms with Gasteiger partial charge in [0, 0.05) is 31.6 Å². The Hall–Kier alpha value is -2.30. The van der Waals surface area contributed by atoms with Crippen LogP contribution in [0.4, 0.5) is 0 Å². The first kappa shape index (κ1) is 18.5. The van der Waals surface area contributed by atoms with Crippen molar-refractivity contribution in [3.8, 4) is 5.75 Å². The first-order valence-electron chi connectivity index (χ1n) is 9.52. The molecular weight excluding hydrogens is 328 g/mol. The summed E-state index contributed by atoms with van der Waals surface area (Å²) in [6.07, 6.45) is 8.44. The summed E-state index contributed by atoms with van der Waals surface area (Å²) >= 11 is 0. The fourth-order valence-corrected chi connectivity index (χ4v) is 3.75. The van der Waals surface area contributed by atoms with Crippen LogP contribution in [0.25, 0.3) is 0 Å². The minimum Gasteiger partial charge on any atom is -0.496 e. The van der Waals surface area contributed by atoms with Crippen molar-refractivity contribution in [2.45, 2.75) is 45.1 Å². The largest absolute Gasteiger partial charge is 0.496 e. The van der Waals surface area contributed by atoms with Crippen LogP contribution in [-0.4, -0.2) is 36.9 Å². The molecule has 1 atom stereocenters. The number of rotatable bonds is 7. The van der Waals surface area contributed by atoms with Crippen LogP contribution >= 0.6 is 0 Å². The van der Waals surface area contributed by atoms with E-state index in [1.54, 1.807) is 7.11 Å². The molecule has 1 aromatic carbocycles. The summed E-state index contributed by atoms with van der Waals surface area (Å²) in [5.74, 6) is 0.553. The summed E-state index contributed by atoms with van der Waals surface area (Å²) in [5, 5.41) is 2.95. The molecule has 0 radical (unpaired) electrons. The molecule has 140 valence electrons. The molecule has 1 N–H and O–H groups in total. The zero-order valence-electron chi connectivity index (χ0n) is 15.5. The predicted molar refractivity (Wildman–Crippen MR) is 101 cm³/mol. The number of allylic oxidation sites excluding steroid dienone is 1. The van der Waals surface area contributed by atoms with E-state index >= 15 is 0 Å². The van der Waals surface area contributed by atoms with Crippen LogP contribution in [0.5, 0.6) is 5.75 Å². The van der Waals surface area contributed by atoms with Crippen LogP contribution < -0.4 is 10.1 Å². The average molecular weight is 356 g/mol. The van der Waals surface area contributed by atoms with Crippen molar-refractivity contribution >= 4 is 11.8 Å². The molecule has 0 spiro atoms. The molecule has 0 bridgehead atoms. The quantitative estimate of drug-likeness (QED) is 0.764. The van der Waals surface area contributed by atoms with Crippen molar-refractivity contribution in [2.24, 2.45) is 5.92 Å². The monoisotopic (exact) mass is 356 g/mol. The summed E-state index contributed by atoms with van der Waals surface area (Å²) in [6.45, 7) is 1.69. The molecule has 5 nitrogen and oxygen atoms in total. The lowest BCUT2D eigenvalue weighted by Crippen LogP contribution is -2.33. The minimum atomic E-state index is -0.252. The minimum absolute atomic E-state index is 0.0522. The lowest BCUT2D eigenvalue weighted by atomic mass is 9.97. The lowest BCUT2D eigenvalue weighted by molar-refractivity contribution is -0.129. The Morgan fingerprint density at radius 3 is 2.92 bits per heavy atom. The van der Waals surface area contributed by atoms with E-state index in [-0.39, 0.29) is 17.7 Å². The van der Waals surface area contributed by atoms with Gasteiger partial charge in [0.1, 0.15) is 5.75 Å². The number of nitrogens with zero attached hydrogens (tertiary/aromatic N) is 1. The van der Waals surface area contributed by atoms with E-state index in [4.69, 9.17) is 4.74 Å². The van der Waals surface area contributed by atoms with E-state index < -0.39 is 0 Å². The van der Waals surface area contributed by atoms with Crippen LogP contribution in [0.15, 0.2) is 35.9 Å². The van der Waals surface area contributed by atoms with E-state index in [0.717, 1.165) is 37.1 Å². The van der Waals surface area contributed by atoms with Crippen LogP contribution in [-0.2, 0) is 16.1 Å². The third-order valence-corrected chi connectivity index (χ3v) is 5.32. The fraction of sp³-hybridized carbons (Fsp3) is 0.524. The number of carbonyl (C=O) groups is 2. The van der Waals surface area contributed by atoms with Gasteiger partial charge in [0.15, 0.2) is 0 Å². The Labute approximate surface area is 155 Å². The molecule has 1 aliphatic carbocycles. The van der Waals surface area contributed by atoms with Gasteiger partial charge in [-0.2, -0.15) is 0 Å². The zero-order chi connectivity index (χ0) is 18.4. The number of ether oxygens (including phenoxy) is 1. The molecule has 1 aliphatic heterocycles. The standard InChI is InChI=1S/C21H28N2O3/c1-26-19-10-6-5-9-17(19)14-22-21(25)18-13-20(24)23(15-18)12-11-16-7-3-2-4-8-16/h5-7,9-10,18H,2-4,8,11-15H2,1H3,(H,22,25). The van der Waals surface area contributed by atoms with Crippen molar-refractivity contribution in [3.05, 3.63) is 41.5 Å². The normalized spacial score (nSPS) is 20.0. The van der Waals surface area contributed by atoms with Gasteiger partial charge in [-0.3, -0.25) is 9.59 Å². The van der Waals surface area contributed by atoms with Gasteiger partial charge >= 0.3 is 0 Å². The SMILES string of the molecule is COc1ccccc1CNC(=O)C1CC(=O)N(CCC2=CCCCC2)C1. The Balaban J connectivity index is 1.48. The number of methoxy groups -OCH3 is 1. The van der Waals surface area contributed by atoms with Gasteiger partial charge < -0.3 is 15.0 Å². The number of carbonyl (C=O) groups excluding carboxylic acids is 2. The molecular formula is C21H28N2O3. The van der Waals surface area contributed by atoms with E-state index in [9.17, 15) is 9.59 Å². The Bertz CT molecular complexity index is 684. The van der Waals surface area contributed by atoms with Crippen LogP contribution in [0, 0.1) is 5.92 Å². The van der Waals surface area contributed by atoms with Crippen molar-refractivity contribution in [1.82, 2.24) is 10.2 Å². The second kappa shape index (κ2) is 8.88. The second-order valence-corrected chi connectivity index (χ2v) is 7.13. The van der Waals surface area contributed by atoms with E-state index in [1.807, 2.05) is 29.2 Å². The number of para-hydroxylation sites is 1. The average Bonchev–Trinajstić information content (AvgIpc) is 3.06. The van der Waals surface area contributed by atoms with Crippen molar-refractivity contribution in [1.29, 1.82) is 0 Å². The van der Waals surface area contributed by atoms with Crippen molar-refractivity contribution in [2.75, 3.05) is 20.2 Å². The molecule has 1 unspecified atom stereocenters. The Kier molecular flexibility index (Phi) is 6.31. The Morgan fingerprint density at radius 2 is 2.15 bits per heavy atom. The highest BCUT2D eigenvalue weighted by Gasteiger charge is 2.34. The van der Waals surface area contributed by atoms with Gasteiger partial charge in [0.2, 0.25) is 11.8 Å². The van der Waals surface area contributed by atoms with Gasteiger partial charge in [0.25, 0.3) is 0 Å². The van der Waals surface area contributed by atoms with E-state index in [2.05, 4.69) is 11.4 Å². The number of benzene rings is 1. The summed E-state index contributed by atoms with van der Waals surface area (Å²) in [7, 11) is 1.62. The number of hydrogen-bond acceptors (Lipinski definition) is 3. The molecule has 2 amide bonds. The van der Waals surface area contributed by atoms with Crippen molar-refractivity contribution < 1.29 is 14.3 Å². The topological polar surface area (TPSA) is 58.6 Å². The predicted octanol–water partition coefficient (Wildman–Crippen LogP) is 3.05. The summed E-state index contributed by atoms with van der Waals surface area (Å²) < 4.78 is 5.31. The van der Waals surface area contributed by atoms with Gasteiger partial charge in [0.05, 0.1) is 13.0 Å². The molecule has 1 heterocycles. The number of hydrogen-bond donors (Lipinski definition) is 1. The molecule has 2 aliphatic rings. The first-order valence-corrected chi connectivity index (χ1v) is 9.52. The van der Waals surface area contributed by atoms with Gasteiger partial charge in [-0.15, -0.1) is 0 Å². The zero-order valence-corrected chi connectivity index (χ0v) is 15.5. The summed E-state index contributed by atoms with van der Waals surface area (Å²) in [4.78, 5) is 26.6. The van der Waals surface area contributed by atoms with Crippen LogP contribution in [0.2, 0.25) is 0 Å². The van der Waals surface area contributed by atoms with Crippen LogP contribution in [0.1, 0.15) is 44.1 Å². The molecule has 0 aromatic heterocycles. The highest BCUT2D eigenvalue weighted by Crippen LogP contribution is 2.24. The number of likely N-dealkylation sites (tertiary alicyclic amines) is 1. The molecule has 3 rings (SSSR count). The molecule has 5 heteroatoms. The van der Waals surface area contributed by atoms with Crippen LogP contribution in [0.3, 0.4) is 0 Å². The van der Waals surface area contributed by atoms with Gasteiger partial charge in [-0.25, -0.2) is 0 Å². The van der Waals surface area contributed by atoms with Gasteiger partial charge in [-0.05, 0) is 38.2 Å². The highest BCUT2D eigenvalue weighted by atomic mass is 16.5. The molecule has 0 saturated carbocycles. The maximum Gasteiger partial charge on any atom is 0.225 e. The second-order valence-electron chi connectivity index (χ2n) is 7.13. The van der Waals surface area contributed by atoms with E-state index in [0.29, 0.717) is 19.5 Å². The highest BCUT2D eigenvalue weighted by molar-refractivity contribution is 5.89. The number of nitrogens with one attached hydrogen (secondary N) is 1. The smallest absolute Gasteiger partial charge is 0.225 e. The fourth-order valence-electron chi connectivity index (χ4n) is 3.75. The van der Waals surface area contributed by atoms with Gasteiger partial charge in [-0.1, -0.05) is 29.8 Å². The maximum absolute atomic E-state index is 12.5. The van der Waals surface area contributed by atoms with E-state index in [1.165, 1.54) is 18.4 Å². The first-order chi connectivity index (χ1) is 12.7. The molecule has 1 fully saturated rings. The summed E-state index contributed by atoms with van der Waals surface area (Å²) in [6, 6.07) is 7.63. The summed E-state index contributed by atoms with van der Waals surface area (Å²) in [5.41, 5.74) is 2.40. The third kappa shape index (κ3) is 4.65. The third-order valence-electron chi connectivity index (χ3n) is 5.32. The molecule has 1 saturated heterocycles. The molecule has 1 aromatic rings. The van der Waals surface area contributed by atoms with Crippen molar-refractivity contribution in [3.63, 3.8) is 0 Å².